The molecule has 0 unspecified atom stereocenters. The summed E-state index contributed by atoms with van der Waals surface area (Å²) >= 11 is 0. The van der Waals surface area contributed by atoms with E-state index in [-0.39, 0.29) is 18.1 Å². The molecule has 0 heterocycles. The van der Waals surface area contributed by atoms with Gasteiger partial charge in [-0.05, 0) is 86.9 Å². The highest BCUT2D eigenvalue weighted by Crippen LogP contribution is 2.26. The van der Waals surface area contributed by atoms with Crippen molar-refractivity contribution in [2.75, 3.05) is 0 Å². The average Bonchev–Trinajstić information content (AvgIpc) is 2.65. The first-order chi connectivity index (χ1) is 12.6. The molecule has 0 fully saturated rings. The van der Waals surface area contributed by atoms with Gasteiger partial charge in [-0.25, -0.2) is 0 Å². The molecular weight excluding hydrogens is 322 g/mol. The average molecular weight is 351 g/mol. The summed E-state index contributed by atoms with van der Waals surface area (Å²) in [5, 5.41) is 3.19. The maximum Gasteiger partial charge on any atom is 0.251 e. The Kier molecular flexibility index (Phi) is 5.97. The van der Waals surface area contributed by atoms with Crippen LogP contribution in [0.3, 0.4) is 0 Å². The minimum atomic E-state index is -0.0364. The van der Waals surface area contributed by atoms with E-state index in [1.165, 1.54) is 36.0 Å². The van der Waals surface area contributed by atoms with E-state index in [0.29, 0.717) is 5.56 Å². The Morgan fingerprint density at radius 2 is 1.73 bits per heavy atom. The Bertz CT molecular complexity index is 749. The summed E-state index contributed by atoms with van der Waals surface area (Å²) in [5.41, 5.74) is 4.80. The molecule has 3 nitrogen and oxygen atoms in total. The molecule has 1 aliphatic carbocycles. The Hall–Kier alpha value is -2.29. The number of hydrogen-bond donors (Lipinski definition) is 1. The predicted octanol–water partition coefficient (Wildman–Crippen LogP) is 5.23. The molecule has 26 heavy (non-hydrogen) atoms. The summed E-state index contributed by atoms with van der Waals surface area (Å²) in [6, 6.07) is 14.1. The predicted molar refractivity (Wildman–Crippen MR) is 106 cm³/mol. The van der Waals surface area contributed by atoms with Crippen LogP contribution < -0.4 is 10.1 Å². The van der Waals surface area contributed by atoms with Gasteiger partial charge in [0.2, 0.25) is 0 Å². The maximum absolute atomic E-state index is 12.7. The topological polar surface area (TPSA) is 38.3 Å². The molecule has 2 aromatic carbocycles. The van der Waals surface area contributed by atoms with Crippen LogP contribution >= 0.6 is 0 Å². The normalized spacial score (nSPS) is 14.6. The lowest BCUT2D eigenvalue weighted by Gasteiger charge is -2.22. The Morgan fingerprint density at radius 1 is 1.04 bits per heavy atom. The fourth-order valence-corrected chi connectivity index (χ4v) is 3.59. The van der Waals surface area contributed by atoms with Gasteiger partial charge in [-0.2, -0.15) is 0 Å². The second kappa shape index (κ2) is 8.39. The van der Waals surface area contributed by atoms with Crippen LogP contribution in [-0.4, -0.2) is 12.0 Å². The fraction of sp³-hybridized carbons (Fsp3) is 0.435. The number of fused-ring (bicyclic) bond motifs is 1. The van der Waals surface area contributed by atoms with Crippen molar-refractivity contribution in [1.82, 2.24) is 5.32 Å². The summed E-state index contributed by atoms with van der Waals surface area (Å²) in [4.78, 5) is 12.7. The highest BCUT2D eigenvalue weighted by molar-refractivity contribution is 5.94. The maximum atomic E-state index is 12.7. The quantitative estimate of drug-likeness (QED) is 0.773. The number of nitrogens with one attached hydrogen (secondary N) is 1. The molecule has 0 bridgehead atoms. The van der Waals surface area contributed by atoms with Gasteiger partial charge in [-0.3, -0.25) is 4.79 Å². The van der Waals surface area contributed by atoms with Crippen molar-refractivity contribution in [3.05, 3.63) is 64.7 Å². The first-order valence-electron chi connectivity index (χ1n) is 9.76. The highest BCUT2D eigenvalue weighted by atomic mass is 16.5. The zero-order valence-electron chi connectivity index (χ0n) is 16.0. The lowest BCUT2D eigenvalue weighted by Crippen LogP contribution is -2.28. The second-order valence-corrected chi connectivity index (χ2v) is 7.36. The van der Waals surface area contributed by atoms with E-state index in [0.717, 1.165) is 18.6 Å². The lowest BCUT2D eigenvalue weighted by atomic mass is 9.88. The zero-order chi connectivity index (χ0) is 18.5. The van der Waals surface area contributed by atoms with Gasteiger partial charge < -0.3 is 10.1 Å². The van der Waals surface area contributed by atoms with Crippen molar-refractivity contribution in [3.8, 4) is 5.75 Å². The van der Waals surface area contributed by atoms with E-state index in [2.05, 4.69) is 30.4 Å². The van der Waals surface area contributed by atoms with Gasteiger partial charge in [0, 0.05) is 5.56 Å². The van der Waals surface area contributed by atoms with Crippen molar-refractivity contribution in [2.45, 2.75) is 65.0 Å². The minimum Gasteiger partial charge on any atom is -0.491 e. The van der Waals surface area contributed by atoms with Crippen molar-refractivity contribution in [3.63, 3.8) is 0 Å². The molecule has 1 N–H and O–H groups in total. The fourth-order valence-electron chi connectivity index (χ4n) is 3.59. The number of aryl methyl sites for hydroxylation is 2. The van der Waals surface area contributed by atoms with Crippen LogP contribution in [0, 0.1) is 0 Å². The van der Waals surface area contributed by atoms with E-state index in [9.17, 15) is 4.79 Å². The van der Waals surface area contributed by atoms with Crippen molar-refractivity contribution < 1.29 is 9.53 Å². The molecule has 1 amide bonds. The number of amides is 1. The van der Waals surface area contributed by atoms with E-state index >= 15 is 0 Å². The van der Waals surface area contributed by atoms with E-state index in [4.69, 9.17) is 4.74 Å². The number of carbonyl (C=O) groups is 1. The number of ether oxygens (including phenoxy) is 1. The van der Waals surface area contributed by atoms with E-state index in [1.807, 2.05) is 38.1 Å². The van der Waals surface area contributed by atoms with Gasteiger partial charge in [0.15, 0.2) is 0 Å². The third kappa shape index (κ3) is 4.46. The van der Waals surface area contributed by atoms with E-state index in [1.54, 1.807) is 0 Å². The monoisotopic (exact) mass is 351 g/mol. The van der Waals surface area contributed by atoms with Gasteiger partial charge in [0.05, 0.1) is 12.1 Å². The van der Waals surface area contributed by atoms with Crippen LogP contribution in [0.4, 0.5) is 0 Å². The van der Waals surface area contributed by atoms with Crippen LogP contribution in [0.25, 0.3) is 0 Å². The number of carbonyl (C=O) groups excluding carboxylic acids is 1. The minimum absolute atomic E-state index is 0.0364. The third-order valence-corrected chi connectivity index (χ3v) is 4.98. The lowest BCUT2D eigenvalue weighted by molar-refractivity contribution is 0.0935. The van der Waals surface area contributed by atoms with Gasteiger partial charge >= 0.3 is 0 Å². The highest BCUT2D eigenvalue weighted by Gasteiger charge is 2.17. The molecule has 0 radical (unpaired) electrons. The Labute approximate surface area is 156 Å². The molecule has 0 aromatic heterocycles. The SMILES string of the molecule is CC[C@@H](NC(=O)c1ccc(OC(C)C)cc1)c1ccc2c(c1)CCCC2. The van der Waals surface area contributed by atoms with Crippen molar-refractivity contribution in [1.29, 1.82) is 0 Å². The molecule has 2 aromatic rings. The summed E-state index contributed by atoms with van der Waals surface area (Å²) < 4.78 is 5.64. The van der Waals surface area contributed by atoms with Crippen LogP contribution in [0.2, 0.25) is 0 Å². The second-order valence-electron chi connectivity index (χ2n) is 7.36. The van der Waals surface area contributed by atoms with Crippen LogP contribution in [-0.2, 0) is 12.8 Å². The molecule has 0 spiro atoms. The number of hydrogen-bond acceptors (Lipinski definition) is 2. The first kappa shape index (κ1) is 18.5. The smallest absolute Gasteiger partial charge is 0.251 e. The standard InChI is InChI=1S/C23H29NO2/c1-4-22(20-10-9-17-7-5-6-8-19(17)15-20)24-23(25)18-11-13-21(14-12-18)26-16(2)3/h9-16,22H,4-8H2,1-3H3,(H,24,25)/t22-/m1/s1. The van der Waals surface area contributed by atoms with Crippen LogP contribution in [0.15, 0.2) is 42.5 Å². The van der Waals surface area contributed by atoms with Crippen LogP contribution in [0.5, 0.6) is 5.75 Å². The summed E-state index contributed by atoms with van der Waals surface area (Å²) in [6.45, 7) is 6.10. The number of benzene rings is 2. The van der Waals surface area contributed by atoms with Gasteiger partial charge in [-0.1, -0.05) is 25.1 Å². The molecule has 3 rings (SSSR count). The Morgan fingerprint density at radius 3 is 2.38 bits per heavy atom. The molecular formula is C23H29NO2. The van der Waals surface area contributed by atoms with Crippen molar-refractivity contribution in [2.24, 2.45) is 0 Å². The Balaban J connectivity index is 1.70. The zero-order valence-corrected chi connectivity index (χ0v) is 16.0. The molecule has 0 saturated carbocycles. The largest absolute Gasteiger partial charge is 0.491 e. The molecule has 0 saturated heterocycles. The van der Waals surface area contributed by atoms with Gasteiger partial charge in [0.1, 0.15) is 5.75 Å². The van der Waals surface area contributed by atoms with Gasteiger partial charge in [-0.15, -0.1) is 0 Å². The number of rotatable bonds is 6. The van der Waals surface area contributed by atoms with Crippen molar-refractivity contribution >= 4 is 5.91 Å². The molecule has 1 aliphatic rings. The summed E-state index contributed by atoms with van der Waals surface area (Å²) in [7, 11) is 0. The van der Waals surface area contributed by atoms with E-state index < -0.39 is 0 Å². The third-order valence-electron chi connectivity index (χ3n) is 4.98. The van der Waals surface area contributed by atoms with Gasteiger partial charge in [0.25, 0.3) is 5.91 Å². The first-order valence-corrected chi connectivity index (χ1v) is 9.76. The summed E-state index contributed by atoms with van der Waals surface area (Å²) in [6.07, 6.45) is 5.90. The van der Waals surface area contributed by atoms with Crippen LogP contribution in [0.1, 0.15) is 73.1 Å². The molecule has 3 heteroatoms. The molecule has 0 aliphatic heterocycles. The summed E-state index contributed by atoms with van der Waals surface area (Å²) in [5.74, 6) is 0.754. The molecule has 1 atom stereocenters. The molecule has 138 valence electrons.